The Labute approximate surface area is 94.6 Å². The van der Waals surface area contributed by atoms with Crippen LogP contribution in [-0.2, 0) is 13.5 Å². The number of aromatic nitrogens is 4. The van der Waals surface area contributed by atoms with Gasteiger partial charge in [-0.2, -0.15) is 0 Å². The third-order valence-electron chi connectivity index (χ3n) is 2.62. The van der Waals surface area contributed by atoms with Gasteiger partial charge in [0, 0.05) is 32.1 Å². The van der Waals surface area contributed by atoms with E-state index in [9.17, 15) is 0 Å². The molecule has 0 fully saturated rings. The molecule has 0 saturated heterocycles. The Morgan fingerprint density at radius 2 is 2.25 bits per heavy atom. The Bertz CT molecular complexity index is 437. The molecule has 16 heavy (non-hydrogen) atoms. The first-order valence-electron chi connectivity index (χ1n) is 5.20. The van der Waals surface area contributed by atoms with Gasteiger partial charge in [-0.15, -0.1) is 0 Å². The quantitative estimate of drug-likeness (QED) is 0.819. The molecular formula is C11H15N5. The highest BCUT2D eigenvalue weighted by Gasteiger charge is 2.13. The fraction of sp³-hybridized carbons (Fsp3) is 0.364. The average molecular weight is 217 g/mol. The molecule has 84 valence electrons. The second-order valence-corrected chi connectivity index (χ2v) is 3.63. The summed E-state index contributed by atoms with van der Waals surface area (Å²) in [5, 5.41) is 3.24. The van der Waals surface area contributed by atoms with Crippen molar-refractivity contribution in [2.24, 2.45) is 7.05 Å². The third kappa shape index (κ3) is 2.25. The second-order valence-electron chi connectivity index (χ2n) is 3.63. The maximum atomic E-state index is 4.31. The van der Waals surface area contributed by atoms with Gasteiger partial charge in [0.05, 0.1) is 11.7 Å². The molecule has 0 aliphatic carbocycles. The van der Waals surface area contributed by atoms with E-state index in [1.165, 1.54) is 0 Å². The van der Waals surface area contributed by atoms with Gasteiger partial charge >= 0.3 is 0 Å². The lowest BCUT2D eigenvalue weighted by Crippen LogP contribution is -2.21. The van der Waals surface area contributed by atoms with Crippen LogP contribution in [0.3, 0.4) is 0 Å². The predicted octanol–water partition coefficient (Wildman–Crippen LogP) is 0.713. The van der Waals surface area contributed by atoms with Crippen LogP contribution in [0.25, 0.3) is 0 Å². The molecule has 2 rings (SSSR count). The van der Waals surface area contributed by atoms with Gasteiger partial charge in [0.15, 0.2) is 0 Å². The molecule has 5 heteroatoms. The van der Waals surface area contributed by atoms with E-state index in [1.807, 2.05) is 37.1 Å². The molecule has 1 unspecified atom stereocenters. The molecule has 5 nitrogen and oxygen atoms in total. The van der Waals surface area contributed by atoms with E-state index in [4.69, 9.17) is 0 Å². The summed E-state index contributed by atoms with van der Waals surface area (Å²) in [5.41, 5.74) is 0.987. The number of hydrogen-bond donors (Lipinski definition) is 1. The highest BCUT2D eigenvalue weighted by molar-refractivity contribution is 5.08. The van der Waals surface area contributed by atoms with E-state index in [0.29, 0.717) is 0 Å². The van der Waals surface area contributed by atoms with Crippen molar-refractivity contribution in [2.75, 3.05) is 7.05 Å². The summed E-state index contributed by atoms with van der Waals surface area (Å²) in [4.78, 5) is 12.5. The van der Waals surface area contributed by atoms with Crippen molar-refractivity contribution < 1.29 is 0 Å². The van der Waals surface area contributed by atoms with E-state index >= 15 is 0 Å². The Balaban J connectivity index is 2.16. The zero-order valence-electron chi connectivity index (χ0n) is 9.46. The van der Waals surface area contributed by atoms with Gasteiger partial charge in [-0.05, 0) is 13.1 Å². The van der Waals surface area contributed by atoms with Crippen LogP contribution in [0.4, 0.5) is 0 Å². The molecule has 0 aliphatic heterocycles. The summed E-state index contributed by atoms with van der Waals surface area (Å²) < 4.78 is 2.02. The van der Waals surface area contributed by atoms with E-state index in [2.05, 4.69) is 20.3 Å². The fourth-order valence-electron chi connectivity index (χ4n) is 1.64. The van der Waals surface area contributed by atoms with Crippen LogP contribution in [0, 0.1) is 0 Å². The van der Waals surface area contributed by atoms with Crippen LogP contribution < -0.4 is 5.32 Å². The normalized spacial score (nSPS) is 12.6. The first-order chi connectivity index (χ1) is 7.81. The van der Waals surface area contributed by atoms with E-state index < -0.39 is 0 Å². The highest BCUT2D eigenvalue weighted by Crippen LogP contribution is 2.13. The standard InChI is InChI=1S/C11H15N5/c1-12-10(9-3-4-13-8-15-9)7-11-14-5-6-16(11)2/h3-6,8,10,12H,7H2,1-2H3. The van der Waals surface area contributed by atoms with Crippen LogP contribution in [0.2, 0.25) is 0 Å². The van der Waals surface area contributed by atoms with Gasteiger partial charge in [0.1, 0.15) is 12.2 Å². The van der Waals surface area contributed by atoms with Gasteiger partial charge in [-0.25, -0.2) is 15.0 Å². The summed E-state index contributed by atoms with van der Waals surface area (Å²) in [6, 6.07) is 2.09. The van der Waals surface area contributed by atoms with Crippen molar-refractivity contribution in [3.8, 4) is 0 Å². The Kier molecular flexibility index (Phi) is 3.26. The number of hydrogen-bond acceptors (Lipinski definition) is 4. The molecule has 2 heterocycles. The second kappa shape index (κ2) is 4.85. The smallest absolute Gasteiger partial charge is 0.115 e. The molecule has 1 atom stereocenters. The SMILES string of the molecule is CNC(Cc1nccn1C)c1ccncn1. The van der Waals surface area contributed by atoms with Crippen LogP contribution in [-0.4, -0.2) is 26.6 Å². The van der Waals surface area contributed by atoms with Gasteiger partial charge in [-0.1, -0.05) is 0 Å². The molecule has 0 spiro atoms. The minimum absolute atomic E-state index is 0.170. The third-order valence-corrected chi connectivity index (χ3v) is 2.62. The Morgan fingerprint density at radius 1 is 1.38 bits per heavy atom. The lowest BCUT2D eigenvalue weighted by Gasteiger charge is -2.14. The summed E-state index contributed by atoms with van der Waals surface area (Å²) in [7, 11) is 3.92. The van der Waals surface area contributed by atoms with Gasteiger partial charge in [-0.3, -0.25) is 0 Å². The van der Waals surface area contributed by atoms with Crippen LogP contribution in [0.1, 0.15) is 17.6 Å². The predicted molar refractivity (Wildman–Crippen MR) is 60.7 cm³/mol. The van der Waals surface area contributed by atoms with Crippen LogP contribution in [0.15, 0.2) is 31.0 Å². The first-order valence-corrected chi connectivity index (χ1v) is 5.20. The fourth-order valence-corrected chi connectivity index (χ4v) is 1.64. The topological polar surface area (TPSA) is 55.6 Å². The lowest BCUT2D eigenvalue weighted by molar-refractivity contribution is 0.549. The largest absolute Gasteiger partial charge is 0.338 e. The van der Waals surface area contributed by atoms with Crippen molar-refractivity contribution >= 4 is 0 Å². The summed E-state index contributed by atoms with van der Waals surface area (Å²) in [6.07, 6.45) is 7.89. The molecule has 0 radical (unpaired) electrons. The maximum absolute atomic E-state index is 4.31. The zero-order chi connectivity index (χ0) is 11.4. The molecule has 1 N–H and O–H groups in total. The monoisotopic (exact) mass is 217 g/mol. The van der Waals surface area contributed by atoms with Crippen molar-refractivity contribution in [1.29, 1.82) is 0 Å². The zero-order valence-corrected chi connectivity index (χ0v) is 9.46. The number of rotatable bonds is 4. The van der Waals surface area contributed by atoms with Crippen molar-refractivity contribution in [1.82, 2.24) is 24.8 Å². The number of nitrogens with zero attached hydrogens (tertiary/aromatic N) is 4. The summed E-state index contributed by atoms with van der Waals surface area (Å²) >= 11 is 0. The molecule has 0 amide bonds. The van der Waals surface area contributed by atoms with Crippen molar-refractivity contribution in [3.05, 3.63) is 42.5 Å². The number of nitrogens with one attached hydrogen (secondary N) is 1. The number of aryl methyl sites for hydroxylation is 1. The maximum Gasteiger partial charge on any atom is 0.115 e. The highest BCUT2D eigenvalue weighted by atomic mass is 15.0. The Morgan fingerprint density at radius 3 is 2.81 bits per heavy atom. The molecule has 2 aromatic heterocycles. The molecule has 0 bridgehead atoms. The minimum atomic E-state index is 0.170. The van der Waals surface area contributed by atoms with Gasteiger partial charge in [0.25, 0.3) is 0 Å². The van der Waals surface area contributed by atoms with Crippen LogP contribution in [0.5, 0.6) is 0 Å². The molecule has 2 aromatic rings. The molecule has 0 aliphatic rings. The lowest BCUT2D eigenvalue weighted by atomic mass is 10.1. The summed E-state index contributed by atoms with van der Waals surface area (Å²) in [5.74, 6) is 1.04. The van der Waals surface area contributed by atoms with Crippen molar-refractivity contribution in [3.63, 3.8) is 0 Å². The first kappa shape index (κ1) is 10.8. The average Bonchev–Trinajstić information content (AvgIpc) is 2.73. The van der Waals surface area contributed by atoms with E-state index in [-0.39, 0.29) is 6.04 Å². The van der Waals surface area contributed by atoms with Gasteiger partial charge < -0.3 is 9.88 Å². The molecule has 0 saturated carbocycles. The van der Waals surface area contributed by atoms with Gasteiger partial charge in [0.2, 0.25) is 0 Å². The minimum Gasteiger partial charge on any atom is -0.338 e. The number of likely N-dealkylation sites (N-methyl/N-ethyl adjacent to an activating group) is 1. The van der Waals surface area contributed by atoms with Crippen molar-refractivity contribution in [2.45, 2.75) is 12.5 Å². The number of imidazole rings is 1. The van der Waals surface area contributed by atoms with E-state index in [0.717, 1.165) is 17.9 Å². The molecular weight excluding hydrogens is 202 g/mol. The summed E-state index contributed by atoms with van der Waals surface area (Å²) in [6.45, 7) is 0. The van der Waals surface area contributed by atoms with Crippen LogP contribution >= 0.6 is 0 Å². The Hall–Kier alpha value is -1.75. The molecule has 0 aromatic carbocycles. The van der Waals surface area contributed by atoms with E-state index in [1.54, 1.807) is 12.5 Å².